The van der Waals surface area contributed by atoms with Crippen molar-refractivity contribution in [2.75, 3.05) is 6.54 Å². The number of nitrogens with one attached hydrogen (secondary N) is 1. The summed E-state index contributed by atoms with van der Waals surface area (Å²) >= 11 is 0. The van der Waals surface area contributed by atoms with Crippen LogP contribution in [0.4, 0.5) is 4.79 Å². The maximum atomic E-state index is 13.4. The highest BCUT2D eigenvalue weighted by molar-refractivity contribution is 5.76. The molecular formula is C28H40N2O. The normalized spacial score (nSPS) is 31.6. The van der Waals surface area contributed by atoms with E-state index >= 15 is 0 Å². The highest BCUT2D eigenvalue weighted by Gasteiger charge is 2.61. The lowest BCUT2D eigenvalue weighted by molar-refractivity contribution is 0.119. The first-order valence-electron chi connectivity index (χ1n) is 12.2. The average Bonchev–Trinajstić information content (AvgIpc) is 3.07. The molecular weight excluding hydrogens is 380 g/mol. The Bertz CT molecular complexity index is 893. The summed E-state index contributed by atoms with van der Waals surface area (Å²) in [6.07, 6.45) is 7.79. The number of benzene rings is 1. The molecule has 31 heavy (non-hydrogen) atoms. The molecule has 1 N–H and O–H groups in total. The smallest absolute Gasteiger partial charge is 0.322 e. The minimum absolute atomic E-state index is 0.0374. The fraction of sp³-hybridized carbons (Fsp3) is 0.643. The number of carbonyl (C=O) groups excluding carboxylic acids is 1. The highest BCUT2D eigenvalue weighted by Crippen LogP contribution is 2.65. The van der Waals surface area contributed by atoms with Crippen LogP contribution in [0.25, 0.3) is 0 Å². The zero-order valence-electron chi connectivity index (χ0n) is 20.3. The van der Waals surface area contributed by atoms with E-state index in [4.69, 9.17) is 0 Å². The third-order valence-electron chi connectivity index (χ3n) is 9.26. The van der Waals surface area contributed by atoms with Gasteiger partial charge in [-0.05, 0) is 59.0 Å². The molecule has 2 bridgehead atoms. The second-order valence-electron chi connectivity index (χ2n) is 11.5. The molecule has 1 aromatic rings. The monoisotopic (exact) mass is 420 g/mol. The fourth-order valence-corrected chi connectivity index (χ4v) is 6.77. The number of amides is 2. The molecule has 4 atom stereocenters. The molecule has 4 rings (SSSR count). The number of carbonyl (C=O) groups is 1. The van der Waals surface area contributed by atoms with Gasteiger partial charge in [0.2, 0.25) is 0 Å². The fourth-order valence-electron chi connectivity index (χ4n) is 6.77. The van der Waals surface area contributed by atoms with E-state index in [0.717, 1.165) is 25.2 Å². The first-order chi connectivity index (χ1) is 14.6. The van der Waals surface area contributed by atoms with Crippen LogP contribution >= 0.6 is 0 Å². The molecule has 2 amide bonds. The van der Waals surface area contributed by atoms with Crippen molar-refractivity contribution in [3.8, 4) is 0 Å². The Hall–Kier alpha value is -1.99. The number of hydrogen-bond acceptors (Lipinski definition) is 1. The second-order valence-corrected chi connectivity index (χ2v) is 11.5. The lowest BCUT2D eigenvalue weighted by atomic mass is 9.69. The van der Waals surface area contributed by atoms with Crippen molar-refractivity contribution in [3.63, 3.8) is 0 Å². The number of urea groups is 1. The number of rotatable bonds is 5. The average molecular weight is 421 g/mol. The molecule has 2 fully saturated rings. The van der Waals surface area contributed by atoms with E-state index in [9.17, 15) is 4.79 Å². The summed E-state index contributed by atoms with van der Waals surface area (Å²) in [6, 6.07) is 10.9. The molecule has 3 unspecified atom stereocenters. The van der Waals surface area contributed by atoms with Crippen LogP contribution in [0.2, 0.25) is 0 Å². The molecule has 0 spiro atoms. The van der Waals surface area contributed by atoms with Crippen LogP contribution in [0, 0.1) is 22.2 Å². The number of hydrogen-bond donors (Lipinski definition) is 1. The summed E-state index contributed by atoms with van der Waals surface area (Å²) in [4.78, 5) is 15.2. The Morgan fingerprint density at radius 2 is 1.94 bits per heavy atom. The molecule has 1 aromatic carbocycles. The maximum absolute atomic E-state index is 13.4. The van der Waals surface area contributed by atoms with Crippen molar-refractivity contribution in [1.82, 2.24) is 10.2 Å². The molecule has 2 aliphatic carbocycles. The van der Waals surface area contributed by atoms with Crippen molar-refractivity contribution in [3.05, 3.63) is 53.4 Å². The van der Waals surface area contributed by atoms with Crippen molar-refractivity contribution >= 4 is 6.03 Å². The zero-order valence-corrected chi connectivity index (χ0v) is 20.3. The third-order valence-corrected chi connectivity index (χ3v) is 9.26. The van der Waals surface area contributed by atoms with E-state index in [0.29, 0.717) is 12.0 Å². The van der Waals surface area contributed by atoms with Crippen LogP contribution in [-0.4, -0.2) is 23.5 Å². The van der Waals surface area contributed by atoms with Crippen molar-refractivity contribution in [1.29, 1.82) is 0 Å². The standard InChI is InChI=1S/C28H40N2O/c1-7-15-26(2,3)23-14-17-30(19-22(23)20-11-9-8-10-12-20)25(31)29-24-18-21-13-16-28(24,6)27(21,4)5/h8-12,17,21-22,24H,7,13,15-16,18-19H2,1-6H3,(H,29,31)/t21?,22?,24?,28-/m0/s1. The largest absolute Gasteiger partial charge is 0.334 e. The lowest BCUT2D eigenvalue weighted by Crippen LogP contribution is -2.51. The van der Waals surface area contributed by atoms with Crippen LogP contribution < -0.4 is 5.32 Å². The van der Waals surface area contributed by atoms with Gasteiger partial charge in [0.1, 0.15) is 0 Å². The molecule has 0 saturated heterocycles. The maximum Gasteiger partial charge on any atom is 0.322 e. The summed E-state index contributed by atoms with van der Waals surface area (Å²) in [5.41, 5.74) is 6.71. The topological polar surface area (TPSA) is 32.3 Å². The van der Waals surface area contributed by atoms with Gasteiger partial charge in [0.25, 0.3) is 0 Å². The van der Waals surface area contributed by atoms with Crippen LogP contribution in [0.5, 0.6) is 0 Å². The van der Waals surface area contributed by atoms with Crippen LogP contribution in [0.3, 0.4) is 0 Å². The van der Waals surface area contributed by atoms with Gasteiger partial charge in [-0.1, -0.05) is 78.3 Å². The molecule has 168 valence electrons. The van der Waals surface area contributed by atoms with E-state index in [1.165, 1.54) is 24.0 Å². The Labute approximate surface area is 189 Å². The highest BCUT2D eigenvalue weighted by atomic mass is 16.2. The van der Waals surface area contributed by atoms with Gasteiger partial charge >= 0.3 is 6.03 Å². The quantitative estimate of drug-likeness (QED) is 0.518. The second kappa shape index (κ2) is 7.85. The van der Waals surface area contributed by atoms with Gasteiger partial charge in [-0.3, -0.25) is 4.90 Å². The van der Waals surface area contributed by atoms with Gasteiger partial charge in [-0.2, -0.15) is 0 Å². The van der Waals surface area contributed by atoms with Gasteiger partial charge in [0.05, 0.1) is 6.20 Å². The zero-order chi connectivity index (χ0) is 22.4. The van der Waals surface area contributed by atoms with Crippen LogP contribution in [0.15, 0.2) is 47.8 Å². The molecule has 0 radical (unpaired) electrons. The molecule has 3 nitrogen and oxygen atoms in total. The van der Waals surface area contributed by atoms with Crippen molar-refractivity contribution in [2.24, 2.45) is 22.2 Å². The summed E-state index contributed by atoms with van der Waals surface area (Å²) in [7, 11) is 0. The predicted octanol–water partition coefficient (Wildman–Crippen LogP) is 6.88. The SMILES string of the molecule is CCCC(C)(C)C1=C=CN(C(=O)NC2CC3CC[C@]2(C)C3(C)C)CC1c1ccccc1. The summed E-state index contributed by atoms with van der Waals surface area (Å²) in [6.45, 7) is 14.7. The van der Waals surface area contributed by atoms with Crippen molar-refractivity contribution in [2.45, 2.75) is 85.6 Å². The molecule has 3 aliphatic rings. The molecule has 0 aromatic heterocycles. The summed E-state index contributed by atoms with van der Waals surface area (Å²) in [5.74, 6) is 0.906. The van der Waals surface area contributed by atoms with E-state index in [-0.39, 0.29) is 28.8 Å². The molecule has 3 heteroatoms. The lowest BCUT2D eigenvalue weighted by Gasteiger charge is -2.41. The van der Waals surface area contributed by atoms with Crippen LogP contribution in [0.1, 0.15) is 85.1 Å². The van der Waals surface area contributed by atoms with Gasteiger partial charge in [0.15, 0.2) is 0 Å². The predicted molar refractivity (Wildman–Crippen MR) is 128 cm³/mol. The Morgan fingerprint density at radius 3 is 2.52 bits per heavy atom. The van der Waals surface area contributed by atoms with Gasteiger partial charge < -0.3 is 5.32 Å². The number of fused-ring (bicyclic) bond motifs is 2. The van der Waals surface area contributed by atoms with E-state index in [1.807, 2.05) is 11.1 Å². The van der Waals surface area contributed by atoms with E-state index < -0.39 is 0 Å². The molecule has 2 saturated carbocycles. The van der Waals surface area contributed by atoms with Gasteiger partial charge in [-0.15, -0.1) is 5.73 Å². The van der Waals surface area contributed by atoms with Crippen LogP contribution in [-0.2, 0) is 0 Å². The summed E-state index contributed by atoms with van der Waals surface area (Å²) in [5, 5.41) is 3.43. The van der Waals surface area contributed by atoms with E-state index in [1.54, 1.807) is 0 Å². The Kier molecular flexibility index (Phi) is 5.63. The Morgan fingerprint density at radius 1 is 1.23 bits per heavy atom. The van der Waals surface area contributed by atoms with Gasteiger partial charge in [0, 0.05) is 18.5 Å². The van der Waals surface area contributed by atoms with E-state index in [2.05, 4.69) is 82.9 Å². The van der Waals surface area contributed by atoms with Crippen molar-refractivity contribution < 1.29 is 4.79 Å². The molecule has 1 heterocycles. The third kappa shape index (κ3) is 3.65. The van der Waals surface area contributed by atoms with Gasteiger partial charge in [-0.25, -0.2) is 4.79 Å². The number of nitrogens with zero attached hydrogens (tertiary/aromatic N) is 1. The Balaban J connectivity index is 1.58. The first kappa shape index (κ1) is 22.2. The minimum atomic E-state index is 0.0374. The first-order valence-corrected chi connectivity index (χ1v) is 12.2. The summed E-state index contributed by atoms with van der Waals surface area (Å²) < 4.78 is 0. The minimum Gasteiger partial charge on any atom is -0.334 e. The molecule has 1 aliphatic heterocycles.